The van der Waals surface area contributed by atoms with E-state index in [0.717, 1.165) is 37.0 Å². The Morgan fingerprint density at radius 2 is 1.87 bits per heavy atom. The molecule has 0 spiro atoms. The Kier molecular flexibility index (Phi) is 6.58. The van der Waals surface area contributed by atoms with Gasteiger partial charge < -0.3 is 10.1 Å². The topological polar surface area (TPSA) is 92.8 Å². The maximum atomic E-state index is 12.6. The van der Waals surface area contributed by atoms with E-state index < -0.39 is 36.6 Å². The summed E-state index contributed by atoms with van der Waals surface area (Å²) >= 11 is 0. The fraction of sp³-hybridized carbons (Fsp3) is 0.565. The summed E-state index contributed by atoms with van der Waals surface area (Å²) in [5, 5.41) is 2.67. The first-order valence-electron chi connectivity index (χ1n) is 10.6. The normalized spacial score (nSPS) is 20.9. The number of carbonyl (C=O) groups is 4. The van der Waals surface area contributed by atoms with E-state index in [-0.39, 0.29) is 5.78 Å². The van der Waals surface area contributed by atoms with Crippen molar-refractivity contribution in [3.05, 3.63) is 34.9 Å². The minimum Gasteiger partial charge on any atom is -0.456 e. The molecule has 0 saturated carbocycles. The van der Waals surface area contributed by atoms with Crippen LogP contribution >= 0.6 is 0 Å². The molecule has 1 aliphatic carbocycles. The lowest BCUT2D eigenvalue weighted by molar-refractivity contribution is -0.146. The van der Waals surface area contributed by atoms with Gasteiger partial charge in [0.05, 0.1) is 0 Å². The third-order valence-electron chi connectivity index (χ3n) is 5.89. The number of ether oxygens (including phenoxy) is 1. The van der Waals surface area contributed by atoms with Crippen LogP contribution in [0.25, 0.3) is 0 Å². The van der Waals surface area contributed by atoms with E-state index in [0.29, 0.717) is 17.9 Å². The van der Waals surface area contributed by atoms with Gasteiger partial charge in [-0.05, 0) is 68.6 Å². The first-order chi connectivity index (χ1) is 14.2. The molecular weight excluding hydrogens is 384 g/mol. The zero-order valence-electron chi connectivity index (χ0n) is 18.0. The lowest BCUT2D eigenvalue weighted by Gasteiger charge is -2.22. The fourth-order valence-electron chi connectivity index (χ4n) is 3.95. The molecule has 7 nitrogen and oxygen atoms in total. The molecule has 0 bridgehead atoms. The molecule has 162 valence electrons. The number of benzene rings is 1. The molecule has 30 heavy (non-hydrogen) atoms. The third kappa shape index (κ3) is 4.89. The van der Waals surface area contributed by atoms with Crippen molar-refractivity contribution in [1.29, 1.82) is 0 Å². The molecule has 2 aliphatic rings. The van der Waals surface area contributed by atoms with Crippen molar-refractivity contribution in [2.24, 2.45) is 5.92 Å². The van der Waals surface area contributed by atoms with Gasteiger partial charge >= 0.3 is 12.0 Å². The van der Waals surface area contributed by atoms with Crippen molar-refractivity contribution in [3.63, 3.8) is 0 Å². The number of Topliss-reactive ketones (excluding diaryl/α,β-unsaturated/α-hetero) is 1. The third-order valence-corrected chi connectivity index (χ3v) is 5.89. The molecule has 1 N–H and O–H groups in total. The van der Waals surface area contributed by atoms with Crippen molar-refractivity contribution >= 4 is 23.7 Å². The molecule has 1 heterocycles. The lowest BCUT2D eigenvalue weighted by atomic mass is 9.90. The summed E-state index contributed by atoms with van der Waals surface area (Å²) in [6, 6.07) is 5.00. The summed E-state index contributed by atoms with van der Waals surface area (Å²) in [4.78, 5) is 50.3. The van der Waals surface area contributed by atoms with Crippen molar-refractivity contribution < 1.29 is 23.9 Å². The number of fused-ring (bicyclic) bond motifs is 1. The Labute approximate surface area is 177 Å². The SMILES string of the molecule is CC(C)CC[C@@]1(C)NC(=O)N(CC(=O)OCC(=O)c2ccc3c(c2)CCCC3)C1=O. The van der Waals surface area contributed by atoms with Gasteiger partial charge in [0.1, 0.15) is 12.1 Å². The van der Waals surface area contributed by atoms with Crippen molar-refractivity contribution in [3.8, 4) is 0 Å². The number of ketones is 1. The quantitative estimate of drug-likeness (QED) is 0.401. The molecule has 1 aliphatic heterocycles. The molecule has 7 heteroatoms. The Hall–Kier alpha value is -2.70. The number of esters is 1. The molecule has 0 radical (unpaired) electrons. The first kappa shape index (κ1) is 22.0. The van der Waals surface area contributed by atoms with Gasteiger partial charge in [-0.3, -0.25) is 19.3 Å². The van der Waals surface area contributed by atoms with E-state index in [1.807, 2.05) is 26.0 Å². The zero-order valence-corrected chi connectivity index (χ0v) is 18.0. The van der Waals surface area contributed by atoms with Crippen LogP contribution in [0, 0.1) is 5.92 Å². The predicted molar refractivity (Wildman–Crippen MR) is 111 cm³/mol. The van der Waals surface area contributed by atoms with Gasteiger partial charge in [0, 0.05) is 5.56 Å². The van der Waals surface area contributed by atoms with E-state index >= 15 is 0 Å². The number of hydrogen-bond acceptors (Lipinski definition) is 5. The van der Waals surface area contributed by atoms with Crippen molar-refractivity contribution in [2.75, 3.05) is 13.2 Å². The summed E-state index contributed by atoms with van der Waals surface area (Å²) in [7, 11) is 0. The van der Waals surface area contributed by atoms with Gasteiger partial charge in [0.2, 0.25) is 0 Å². The number of rotatable bonds is 8. The molecular formula is C23H30N2O5. The second kappa shape index (κ2) is 8.98. The number of carbonyl (C=O) groups excluding carboxylic acids is 4. The smallest absolute Gasteiger partial charge is 0.326 e. The van der Waals surface area contributed by atoms with Crippen LogP contribution in [0.15, 0.2) is 18.2 Å². The minimum atomic E-state index is -1.01. The molecule has 1 atom stereocenters. The van der Waals surface area contributed by atoms with E-state index in [1.165, 1.54) is 11.1 Å². The van der Waals surface area contributed by atoms with E-state index in [2.05, 4.69) is 5.32 Å². The highest BCUT2D eigenvalue weighted by Gasteiger charge is 2.48. The van der Waals surface area contributed by atoms with Gasteiger partial charge in [-0.2, -0.15) is 0 Å². The zero-order chi connectivity index (χ0) is 21.9. The van der Waals surface area contributed by atoms with Gasteiger partial charge in [-0.15, -0.1) is 0 Å². The second-order valence-electron chi connectivity index (χ2n) is 8.86. The Morgan fingerprint density at radius 1 is 1.17 bits per heavy atom. The van der Waals surface area contributed by atoms with E-state index in [9.17, 15) is 19.2 Å². The summed E-state index contributed by atoms with van der Waals surface area (Å²) in [6.07, 6.45) is 5.53. The van der Waals surface area contributed by atoms with Crippen molar-refractivity contribution in [2.45, 2.75) is 64.8 Å². The molecule has 1 aromatic rings. The lowest BCUT2D eigenvalue weighted by Crippen LogP contribution is -2.44. The first-order valence-corrected chi connectivity index (χ1v) is 10.6. The Morgan fingerprint density at radius 3 is 2.57 bits per heavy atom. The van der Waals surface area contributed by atoms with Crippen LogP contribution in [-0.2, 0) is 27.2 Å². The van der Waals surface area contributed by atoms with E-state index in [4.69, 9.17) is 4.74 Å². The second-order valence-corrected chi connectivity index (χ2v) is 8.86. The Bertz CT molecular complexity index is 863. The minimum absolute atomic E-state index is 0.296. The van der Waals surface area contributed by atoms with Crippen LogP contribution in [0.4, 0.5) is 4.79 Å². The molecule has 1 aromatic carbocycles. The van der Waals surface area contributed by atoms with Crippen LogP contribution in [0.2, 0.25) is 0 Å². The molecule has 3 rings (SSSR count). The molecule has 1 fully saturated rings. The van der Waals surface area contributed by atoms with Gasteiger partial charge in [-0.1, -0.05) is 26.0 Å². The van der Waals surface area contributed by atoms with Crippen LogP contribution < -0.4 is 5.32 Å². The average Bonchev–Trinajstić information content (AvgIpc) is 2.93. The van der Waals surface area contributed by atoms with Crippen LogP contribution in [0.1, 0.15) is 67.9 Å². The molecule has 0 aromatic heterocycles. The molecule has 0 unspecified atom stereocenters. The number of urea groups is 1. The van der Waals surface area contributed by atoms with Crippen LogP contribution in [0.5, 0.6) is 0 Å². The fourth-order valence-corrected chi connectivity index (χ4v) is 3.95. The number of nitrogens with zero attached hydrogens (tertiary/aromatic N) is 1. The molecule has 1 saturated heterocycles. The van der Waals surface area contributed by atoms with Crippen LogP contribution in [0.3, 0.4) is 0 Å². The molecule has 3 amide bonds. The number of imide groups is 1. The summed E-state index contributed by atoms with van der Waals surface area (Å²) in [5.74, 6) is -1.13. The number of amides is 3. The van der Waals surface area contributed by atoms with Gasteiger partial charge in [0.25, 0.3) is 5.91 Å². The van der Waals surface area contributed by atoms with Crippen molar-refractivity contribution in [1.82, 2.24) is 10.2 Å². The summed E-state index contributed by atoms with van der Waals surface area (Å²) < 4.78 is 5.06. The standard InChI is InChI=1S/C23H30N2O5/c1-15(2)10-11-23(3)21(28)25(22(29)24-23)13-20(27)30-14-19(26)18-9-8-16-6-4-5-7-17(16)12-18/h8-9,12,15H,4-7,10-11,13-14H2,1-3H3,(H,24,29)/t23-/m1/s1. The average molecular weight is 415 g/mol. The highest BCUT2D eigenvalue weighted by atomic mass is 16.5. The van der Waals surface area contributed by atoms with Crippen LogP contribution in [-0.4, -0.2) is 47.3 Å². The maximum Gasteiger partial charge on any atom is 0.326 e. The highest BCUT2D eigenvalue weighted by Crippen LogP contribution is 2.25. The maximum absolute atomic E-state index is 12.6. The summed E-state index contributed by atoms with van der Waals surface area (Å²) in [6.45, 7) is 4.84. The number of nitrogens with one attached hydrogen (secondary N) is 1. The Balaban J connectivity index is 1.53. The number of aryl methyl sites for hydroxylation is 2. The predicted octanol–water partition coefficient (Wildman–Crippen LogP) is 3.04. The number of hydrogen-bond donors (Lipinski definition) is 1. The largest absolute Gasteiger partial charge is 0.456 e. The van der Waals surface area contributed by atoms with E-state index in [1.54, 1.807) is 13.0 Å². The van der Waals surface area contributed by atoms with Gasteiger partial charge in [0.15, 0.2) is 12.4 Å². The summed E-state index contributed by atoms with van der Waals surface area (Å²) in [5.41, 5.74) is 1.95. The van der Waals surface area contributed by atoms with Gasteiger partial charge in [-0.25, -0.2) is 4.79 Å². The highest BCUT2D eigenvalue weighted by molar-refractivity contribution is 6.08. The monoisotopic (exact) mass is 414 g/mol.